The number of pyridine rings is 1. The van der Waals surface area contributed by atoms with Crippen LogP contribution in [-0.4, -0.2) is 43.0 Å². The summed E-state index contributed by atoms with van der Waals surface area (Å²) in [6, 6.07) is 21.6. The third kappa shape index (κ3) is 5.28. The second-order valence-electron chi connectivity index (χ2n) is 7.28. The molecule has 162 valence electrons. The maximum atomic E-state index is 12.9. The molecule has 1 amide bonds. The van der Waals surface area contributed by atoms with Crippen molar-refractivity contribution in [3.8, 4) is 11.3 Å². The van der Waals surface area contributed by atoms with Crippen LogP contribution in [0.25, 0.3) is 32.9 Å². The standard InChI is InChI=1S/C24H22ClN3O.2ClH/c1-28(2)14-13-26-24(29)21-12-6-11-20-18-9-3-4-10-19(18)22(27-23(20)21)16-7-5-8-17(25)15-16;;/h3-12,15H,13-14H2,1-2H3,(H,26,29);2*1H. The fraction of sp³-hybridized carbons (Fsp3) is 0.167. The summed E-state index contributed by atoms with van der Waals surface area (Å²) in [5.74, 6) is -0.114. The molecule has 0 fully saturated rings. The number of fused-ring (bicyclic) bond motifs is 3. The highest BCUT2D eigenvalue weighted by Gasteiger charge is 2.16. The van der Waals surface area contributed by atoms with Crippen molar-refractivity contribution in [1.82, 2.24) is 15.2 Å². The number of carbonyl (C=O) groups excluding carboxylic acids is 1. The van der Waals surface area contributed by atoms with Crippen LogP contribution in [0.4, 0.5) is 0 Å². The minimum Gasteiger partial charge on any atom is -0.351 e. The number of hydrogen-bond acceptors (Lipinski definition) is 3. The van der Waals surface area contributed by atoms with Gasteiger partial charge in [0.2, 0.25) is 0 Å². The van der Waals surface area contributed by atoms with Crippen LogP contribution in [0.1, 0.15) is 10.4 Å². The molecule has 1 aromatic heterocycles. The molecule has 0 radical (unpaired) electrons. The highest BCUT2D eigenvalue weighted by atomic mass is 35.5. The molecule has 0 aliphatic heterocycles. The SMILES string of the molecule is CN(C)CCNC(=O)c1cccc2c1nc(-c1cccc(Cl)c1)c1ccccc12.Cl.Cl. The number of nitrogens with one attached hydrogen (secondary N) is 1. The fourth-order valence-electron chi connectivity index (χ4n) is 3.51. The average molecular weight is 477 g/mol. The predicted octanol–water partition coefficient (Wildman–Crippen LogP) is 5.84. The van der Waals surface area contributed by atoms with E-state index in [9.17, 15) is 4.79 Å². The molecule has 4 rings (SSSR count). The zero-order valence-electron chi connectivity index (χ0n) is 17.3. The summed E-state index contributed by atoms with van der Waals surface area (Å²) in [7, 11) is 3.96. The number of rotatable bonds is 5. The van der Waals surface area contributed by atoms with Gasteiger partial charge in [-0.3, -0.25) is 4.79 Å². The van der Waals surface area contributed by atoms with Gasteiger partial charge >= 0.3 is 0 Å². The first-order valence-electron chi connectivity index (χ1n) is 9.55. The van der Waals surface area contributed by atoms with E-state index in [4.69, 9.17) is 16.6 Å². The molecule has 0 aliphatic rings. The second kappa shape index (κ2) is 10.8. The number of aromatic nitrogens is 1. The summed E-state index contributed by atoms with van der Waals surface area (Å²) in [5.41, 5.74) is 3.03. The van der Waals surface area contributed by atoms with Crippen LogP contribution in [0.2, 0.25) is 5.02 Å². The molecule has 0 bridgehead atoms. The lowest BCUT2D eigenvalue weighted by molar-refractivity contribution is 0.0952. The average Bonchev–Trinajstić information content (AvgIpc) is 2.72. The molecule has 3 aromatic carbocycles. The normalized spacial score (nSPS) is 10.6. The van der Waals surface area contributed by atoms with Crippen molar-refractivity contribution in [3.05, 3.63) is 77.3 Å². The Kier molecular flexibility index (Phi) is 8.66. The molecular weight excluding hydrogens is 453 g/mol. The maximum absolute atomic E-state index is 12.9. The van der Waals surface area contributed by atoms with Crippen molar-refractivity contribution in [2.75, 3.05) is 27.2 Å². The first-order valence-corrected chi connectivity index (χ1v) is 9.93. The molecule has 0 spiro atoms. The number of hydrogen-bond donors (Lipinski definition) is 1. The highest BCUT2D eigenvalue weighted by Crippen LogP contribution is 2.34. The molecule has 7 heteroatoms. The number of benzene rings is 3. The van der Waals surface area contributed by atoms with Crippen LogP contribution in [0.15, 0.2) is 66.7 Å². The lowest BCUT2D eigenvalue weighted by Crippen LogP contribution is -2.31. The van der Waals surface area contributed by atoms with Crippen LogP contribution >= 0.6 is 36.4 Å². The zero-order chi connectivity index (χ0) is 20.4. The first-order chi connectivity index (χ1) is 14.0. The van der Waals surface area contributed by atoms with E-state index in [1.54, 1.807) is 0 Å². The highest BCUT2D eigenvalue weighted by molar-refractivity contribution is 6.31. The minimum atomic E-state index is -0.114. The summed E-state index contributed by atoms with van der Waals surface area (Å²) in [6.07, 6.45) is 0. The fourth-order valence-corrected chi connectivity index (χ4v) is 3.70. The Labute approximate surface area is 199 Å². The van der Waals surface area contributed by atoms with Gasteiger partial charge in [-0.05, 0) is 37.7 Å². The Balaban J connectivity index is 0.00000171. The van der Waals surface area contributed by atoms with E-state index in [0.29, 0.717) is 22.6 Å². The van der Waals surface area contributed by atoms with Gasteiger partial charge < -0.3 is 10.2 Å². The monoisotopic (exact) mass is 475 g/mol. The van der Waals surface area contributed by atoms with E-state index in [1.807, 2.05) is 73.6 Å². The van der Waals surface area contributed by atoms with Gasteiger partial charge in [-0.25, -0.2) is 4.98 Å². The molecular formula is C24H24Cl3N3O. The van der Waals surface area contributed by atoms with E-state index < -0.39 is 0 Å². The van der Waals surface area contributed by atoms with Gasteiger partial charge in [0, 0.05) is 34.4 Å². The van der Waals surface area contributed by atoms with E-state index in [1.165, 1.54) is 0 Å². The van der Waals surface area contributed by atoms with Crippen molar-refractivity contribution in [2.45, 2.75) is 0 Å². The van der Waals surface area contributed by atoms with E-state index >= 15 is 0 Å². The number of para-hydroxylation sites is 1. The van der Waals surface area contributed by atoms with Crippen LogP contribution in [-0.2, 0) is 0 Å². The van der Waals surface area contributed by atoms with Gasteiger partial charge in [-0.1, -0.05) is 60.1 Å². The molecule has 1 N–H and O–H groups in total. The second-order valence-corrected chi connectivity index (χ2v) is 7.71. The molecule has 4 aromatic rings. The molecule has 4 nitrogen and oxygen atoms in total. The van der Waals surface area contributed by atoms with Crippen molar-refractivity contribution in [3.63, 3.8) is 0 Å². The first kappa shape index (κ1) is 24.9. The molecule has 0 unspecified atom stereocenters. The molecule has 31 heavy (non-hydrogen) atoms. The van der Waals surface area contributed by atoms with Gasteiger partial charge in [0.25, 0.3) is 5.91 Å². The molecule has 0 aliphatic carbocycles. The van der Waals surface area contributed by atoms with E-state index in [0.717, 1.165) is 34.0 Å². The number of halogens is 3. The van der Waals surface area contributed by atoms with Gasteiger partial charge in [-0.2, -0.15) is 0 Å². The molecule has 1 heterocycles. The van der Waals surface area contributed by atoms with Gasteiger partial charge in [0.15, 0.2) is 0 Å². The number of likely N-dealkylation sites (N-methyl/N-ethyl adjacent to an activating group) is 1. The van der Waals surface area contributed by atoms with Crippen molar-refractivity contribution < 1.29 is 4.79 Å². The van der Waals surface area contributed by atoms with Crippen LogP contribution in [0, 0.1) is 0 Å². The lowest BCUT2D eigenvalue weighted by atomic mass is 9.98. The van der Waals surface area contributed by atoms with Crippen LogP contribution in [0.3, 0.4) is 0 Å². The minimum absolute atomic E-state index is 0. The summed E-state index contributed by atoms with van der Waals surface area (Å²) in [6.45, 7) is 1.36. The van der Waals surface area contributed by atoms with E-state index in [2.05, 4.69) is 17.4 Å². The quantitative estimate of drug-likeness (QED) is 0.368. The summed E-state index contributed by atoms with van der Waals surface area (Å²) in [4.78, 5) is 19.9. The zero-order valence-corrected chi connectivity index (χ0v) is 19.7. The Morgan fingerprint density at radius 3 is 2.32 bits per heavy atom. The van der Waals surface area contributed by atoms with Crippen molar-refractivity contribution in [1.29, 1.82) is 0 Å². The number of amides is 1. The predicted molar refractivity (Wildman–Crippen MR) is 135 cm³/mol. The Bertz CT molecular complexity index is 1210. The topological polar surface area (TPSA) is 45.2 Å². The van der Waals surface area contributed by atoms with Gasteiger partial charge in [-0.15, -0.1) is 24.8 Å². The Morgan fingerprint density at radius 1 is 0.935 bits per heavy atom. The Morgan fingerprint density at radius 2 is 1.61 bits per heavy atom. The number of carbonyl (C=O) groups is 1. The smallest absolute Gasteiger partial charge is 0.253 e. The largest absolute Gasteiger partial charge is 0.351 e. The summed E-state index contributed by atoms with van der Waals surface area (Å²) >= 11 is 6.23. The molecule has 0 saturated heterocycles. The van der Waals surface area contributed by atoms with Crippen molar-refractivity contribution in [2.24, 2.45) is 0 Å². The van der Waals surface area contributed by atoms with Crippen molar-refractivity contribution >= 4 is 64.0 Å². The number of nitrogens with zero attached hydrogens (tertiary/aromatic N) is 2. The summed E-state index contributed by atoms with van der Waals surface area (Å²) in [5, 5.41) is 6.72. The third-order valence-electron chi connectivity index (χ3n) is 4.92. The molecule has 0 atom stereocenters. The van der Waals surface area contributed by atoms with Crippen LogP contribution in [0.5, 0.6) is 0 Å². The van der Waals surface area contributed by atoms with Gasteiger partial charge in [0.1, 0.15) is 0 Å². The molecule has 0 saturated carbocycles. The van der Waals surface area contributed by atoms with Gasteiger partial charge in [0.05, 0.1) is 16.8 Å². The summed E-state index contributed by atoms with van der Waals surface area (Å²) < 4.78 is 0. The van der Waals surface area contributed by atoms with E-state index in [-0.39, 0.29) is 30.7 Å². The third-order valence-corrected chi connectivity index (χ3v) is 5.15. The van der Waals surface area contributed by atoms with Crippen LogP contribution < -0.4 is 5.32 Å². The Hall–Kier alpha value is -2.37. The lowest BCUT2D eigenvalue weighted by Gasteiger charge is -2.14. The maximum Gasteiger partial charge on any atom is 0.253 e.